The van der Waals surface area contributed by atoms with E-state index in [2.05, 4.69) is 18.8 Å². The lowest BCUT2D eigenvalue weighted by Crippen LogP contribution is -2.11. The van der Waals surface area contributed by atoms with Crippen molar-refractivity contribution in [2.24, 2.45) is 0 Å². The summed E-state index contributed by atoms with van der Waals surface area (Å²) in [7, 11) is 0. The first kappa shape index (κ1) is 10.6. The zero-order chi connectivity index (χ0) is 11.7. The number of rotatable bonds is 2. The maximum atomic E-state index is 11.4. The Kier molecular flexibility index (Phi) is 2.60. The maximum absolute atomic E-state index is 11.4. The van der Waals surface area contributed by atoms with Gasteiger partial charge in [0, 0.05) is 5.52 Å². The molecule has 0 saturated heterocycles. The zero-order valence-electron chi connectivity index (χ0n) is 9.28. The fourth-order valence-corrected chi connectivity index (χ4v) is 1.69. The van der Waals surface area contributed by atoms with Crippen molar-refractivity contribution in [3.05, 3.63) is 45.7 Å². The van der Waals surface area contributed by atoms with Crippen LogP contribution in [0.15, 0.2) is 29.1 Å². The van der Waals surface area contributed by atoms with Gasteiger partial charge in [-0.2, -0.15) is 0 Å². The van der Waals surface area contributed by atoms with Gasteiger partial charge in [-0.25, -0.2) is 0 Å². The molecule has 16 heavy (non-hydrogen) atoms. The Morgan fingerprint density at radius 3 is 2.62 bits per heavy atom. The number of fused-ring (bicyclic) bond motifs is 1. The number of H-pyrrole nitrogens is 1. The van der Waals surface area contributed by atoms with Gasteiger partial charge < -0.3 is 4.98 Å². The van der Waals surface area contributed by atoms with Crippen LogP contribution in [0.3, 0.4) is 0 Å². The number of hydrogen-bond donors (Lipinski definition) is 1. The predicted molar refractivity (Wildman–Crippen MR) is 64.0 cm³/mol. The average Bonchev–Trinajstić information content (AvgIpc) is 2.27. The molecule has 3 heteroatoms. The van der Waals surface area contributed by atoms with Crippen molar-refractivity contribution in [2.45, 2.75) is 19.8 Å². The Balaban J connectivity index is 2.73. The van der Waals surface area contributed by atoms with Crippen molar-refractivity contribution >= 4 is 17.2 Å². The summed E-state index contributed by atoms with van der Waals surface area (Å²) in [6.45, 7) is 4.21. The van der Waals surface area contributed by atoms with E-state index in [0.717, 1.165) is 10.9 Å². The molecule has 0 radical (unpaired) electrons. The summed E-state index contributed by atoms with van der Waals surface area (Å²) in [6.07, 6.45) is 0.584. The Morgan fingerprint density at radius 1 is 1.25 bits per heavy atom. The van der Waals surface area contributed by atoms with Crippen LogP contribution in [0.4, 0.5) is 0 Å². The summed E-state index contributed by atoms with van der Waals surface area (Å²) in [5.41, 5.74) is 1.80. The minimum Gasteiger partial charge on any atom is -0.321 e. The second-order valence-electron chi connectivity index (χ2n) is 4.17. The zero-order valence-corrected chi connectivity index (χ0v) is 9.28. The van der Waals surface area contributed by atoms with E-state index in [1.165, 1.54) is 5.56 Å². The molecule has 0 spiro atoms. The number of benzene rings is 1. The molecule has 2 rings (SSSR count). The molecular formula is C13H13NO2. The highest BCUT2D eigenvalue weighted by molar-refractivity contribution is 5.86. The van der Waals surface area contributed by atoms with Crippen molar-refractivity contribution in [2.75, 3.05) is 0 Å². The van der Waals surface area contributed by atoms with Crippen molar-refractivity contribution in [3.63, 3.8) is 0 Å². The molecule has 3 nitrogen and oxygen atoms in total. The molecule has 0 atom stereocenters. The quantitative estimate of drug-likeness (QED) is 0.782. The van der Waals surface area contributed by atoms with Gasteiger partial charge in [0.2, 0.25) is 0 Å². The Bertz CT molecular complexity index is 596. The van der Waals surface area contributed by atoms with Gasteiger partial charge in [-0.15, -0.1) is 0 Å². The third-order valence-corrected chi connectivity index (χ3v) is 2.69. The van der Waals surface area contributed by atoms with Crippen LogP contribution in [0.2, 0.25) is 0 Å². The molecule has 0 unspecified atom stereocenters. The normalized spacial score (nSPS) is 10.9. The number of nitrogens with one attached hydrogen (secondary N) is 1. The SMILES string of the molecule is CC(C)c1ccc2[nH]c(=O)c(C=O)cc2c1. The van der Waals surface area contributed by atoms with E-state index in [-0.39, 0.29) is 11.1 Å². The Hall–Kier alpha value is -1.90. The van der Waals surface area contributed by atoms with Gasteiger partial charge in [0.15, 0.2) is 6.29 Å². The lowest BCUT2D eigenvalue weighted by molar-refractivity contribution is 0.112. The Labute approximate surface area is 93.1 Å². The number of aldehydes is 1. The van der Waals surface area contributed by atoms with Crippen LogP contribution in [0.1, 0.15) is 35.7 Å². The number of hydrogen-bond acceptors (Lipinski definition) is 2. The second-order valence-corrected chi connectivity index (χ2v) is 4.17. The molecule has 0 bridgehead atoms. The number of pyridine rings is 1. The highest BCUT2D eigenvalue weighted by Crippen LogP contribution is 2.19. The summed E-state index contributed by atoms with van der Waals surface area (Å²) < 4.78 is 0. The van der Waals surface area contributed by atoms with Crippen molar-refractivity contribution in [1.82, 2.24) is 4.98 Å². The van der Waals surface area contributed by atoms with Gasteiger partial charge in [0.05, 0.1) is 5.56 Å². The van der Waals surface area contributed by atoms with Gasteiger partial charge in [0.1, 0.15) is 0 Å². The topological polar surface area (TPSA) is 49.9 Å². The van der Waals surface area contributed by atoms with Crippen LogP contribution in [-0.2, 0) is 0 Å². The van der Waals surface area contributed by atoms with E-state index in [9.17, 15) is 9.59 Å². The number of aromatic nitrogens is 1. The molecule has 0 saturated carbocycles. The first-order chi connectivity index (χ1) is 7.61. The molecule has 1 N–H and O–H groups in total. The van der Waals surface area contributed by atoms with Crippen LogP contribution in [0.5, 0.6) is 0 Å². The molecule has 0 fully saturated rings. The third-order valence-electron chi connectivity index (χ3n) is 2.69. The molecule has 0 aliphatic carbocycles. The molecule has 2 aromatic rings. The van der Waals surface area contributed by atoms with E-state index >= 15 is 0 Å². The third kappa shape index (κ3) is 1.76. The van der Waals surface area contributed by atoms with Gasteiger partial charge in [-0.05, 0) is 35.1 Å². The van der Waals surface area contributed by atoms with Gasteiger partial charge in [-0.3, -0.25) is 9.59 Å². The first-order valence-corrected chi connectivity index (χ1v) is 5.24. The number of carbonyl (C=O) groups excluding carboxylic acids is 1. The van der Waals surface area contributed by atoms with Gasteiger partial charge >= 0.3 is 0 Å². The van der Waals surface area contributed by atoms with E-state index in [1.807, 2.05) is 18.2 Å². The summed E-state index contributed by atoms with van der Waals surface area (Å²) in [4.78, 5) is 24.8. The number of aromatic amines is 1. The summed E-state index contributed by atoms with van der Waals surface area (Å²) in [5, 5.41) is 0.896. The summed E-state index contributed by atoms with van der Waals surface area (Å²) in [6, 6.07) is 7.50. The van der Waals surface area contributed by atoms with Crippen LogP contribution in [0, 0.1) is 0 Å². The smallest absolute Gasteiger partial charge is 0.259 e. The lowest BCUT2D eigenvalue weighted by atomic mass is 10.0. The molecular weight excluding hydrogens is 202 g/mol. The molecule has 0 amide bonds. The Morgan fingerprint density at radius 2 is 2.00 bits per heavy atom. The molecule has 1 heterocycles. The fraction of sp³-hybridized carbons (Fsp3) is 0.231. The van der Waals surface area contributed by atoms with Crippen LogP contribution in [-0.4, -0.2) is 11.3 Å². The van der Waals surface area contributed by atoms with E-state index in [1.54, 1.807) is 6.07 Å². The highest BCUT2D eigenvalue weighted by Gasteiger charge is 2.04. The van der Waals surface area contributed by atoms with Crippen molar-refractivity contribution in [3.8, 4) is 0 Å². The van der Waals surface area contributed by atoms with Gasteiger partial charge in [-0.1, -0.05) is 19.9 Å². The monoisotopic (exact) mass is 215 g/mol. The fourth-order valence-electron chi connectivity index (χ4n) is 1.69. The second kappa shape index (κ2) is 3.93. The summed E-state index contributed by atoms with van der Waals surface area (Å²) in [5.74, 6) is 0.427. The van der Waals surface area contributed by atoms with Crippen LogP contribution < -0.4 is 5.56 Å². The predicted octanol–water partition coefficient (Wildman–Crippen LogP) is 2.46. The lowest BCUT2D eigenvalue weighted by Gasteiger charge is -2.06. The van der Waals surface area contributed by atoms with E-state index in [0.29, 0.717) is 12.2 Å². The first-order valence-electron chi connectivity index (χ1n) is 5.24. The highest BCUT2D eigenvalue weighted by atomic mass is 16.1. The van der Waals surface area contributed by atoms with Gasteiger partial charge in [0.25, 0.3) is 5.56 Å². The van der Waals surface area contributed by atoms with Crippen LogP contribution >= 0.6 is 0 Å². The summed E-state index contributed by atoms with van der Waals surface area (Å²) >= 11 is 0. The molecule has 0 aliphatic heterocycles. The van der Waals surface area contributed by atoms with E-state index < -0.39 is 0 Å². The molecule has 1 aromatic carbocycles. The maximum Gasteiger partial charge on any atom is 0.259 e. The minimum atomic E-state index is -0.334. The largest absolute Gasteiger partial charge is 0.321 e. The van der Waals surface area contributed by atoms with Crippen molar-refractivity contribution in [1.29, 1.82) is 0 Å². The van der Waals surface area contributed by atoms with Crippen molar-refractivity contribution < 1.29 is 4.79 Å². The molecule has 82 valence electrons. The minimum absolute atomic E-state index is 0.174. The number of carbonyl (C=O) groups is 1. The van der Waals surface area contributed by atoms with Crippen LogP contribution in [0.25, 0.3) is 10.9 Å². The van der Waals surface area contributed by atoms with E-state index in [4.69, 9.17) is 0 Å². The standard InChI is InChI=1S/C13H13NO2/c1-8(2)9-3-4-12-10(5-9)6-11(7-15)13(16)14-12/h3-8H,1-2H3,(H,14,16). The molecule has 0 aliphatic rings. The average molecular weight is 215 g/mol. The molecule has 1 aromatic heterocycles.